The average molecular weight is 440 g/mol. The molecule has 0 amide bonds. The minimum atomic E-state index is -0.578. The predicted octanol–water partition coefficient (Wildman–Crippen LogP) is 2.03. The molecule has 1 aliphatic heterocycles. The van der Waals surface area contributed by atoms with Crippen molar-refractivity contribution in [3.63, 3.8) is 0 Å². The molecule has 4 aliphatic carbocycles. The number of hydrogen-bond donors (Lipinski definition) is 3. The quantitative estimate of drug-likeness (QED) is 0.585. The Balaban J connectivity index is 1.29. The molecule has 0 aromatic heterocycles. The van der Waals surface area contributed by atoms with Crippen molar-refractivity contribution < 1.29 is 29.5 Å². The largest absolute Gasteiger partial charge is 0.429 e. The standard InChI is InChI=1S/C25H42O6/c1-29-23-10-14(4-7-18(23)26)21-8-6-15-16-5-3-13-9-19(27)20(28)11-17(13)25(16)24(30-2)12-22(15)31-21/h13-28H,3-12H2,1-2H3/p+1. The number of methoxy groups -OCH3 is 2. The summed E-state index contributed by atoms with van der Waals surface area (Å²) in [4.78, 5) is 0. The van der Waals surface area contributed by atoms with Crippen LogP contribution in [0, 0.1) is 35.5 Å². The average Bonchev–Trinajstić information content (AvgIpc) is 2.79. The first-order chi connectivity index (χ1) is 15.0. The van der Waals surface area contributed by atoms with Crippen LogP contribution < -0.4 is 0 Å². The molecule has 6 heteroatoms. The molecule has 4 N–H and O–H groups in total. The normalized spacial score (nSPS) is 55.1. The first kappa shape index (κ1) is 22.5. The third-order valence-corrected chi connectivity index (χ3v) is 10.0. The zero-order valence-electron chi connectivity index (χ0n) is 19.2. The Labute approximate surface area is 186 Å². The summed E-state index contributed by atoms with van der Waals surface area (Å²) < 4.78 is 17.1. The van der Waals surface area contributed by atoms with E-state index in [2.05, 4.69) is 0 Å². The molecule has 13 unspecified atom stereocenters. The molecule has 0 radical (unpaired) electrons. The number of hydrogen-bond acceptors (Lipinski definition) is 5. The summed E-state index contributed by atoms with van der Waals surface area (Å²) in [5.41, 5.74) is 0. The van der Waals surface area contributed by atoms with Gasteiger partial charge < -0.3 is 29.5 Å². The van der Waals surface area contributed by atoms with Crippen LogP contribution in [0.1, 0.15) is 64.2 Å². The summed E-state index contributed by atoms with van der Waals surface area (Å²) in [5.74, 6) is 3.31. The van der Waals surface area contributed by atoms with Gasteiger partial charge in [-0.05, 0) is 75.0 Å². The van der Waals surface area contributed by atoms with Gasteiger partial charge in [0.15, 0.2) is 12.2 Å². The van der Waals surface area contributed by atoms with E-state index in [1.807, 2.05) is 7.11 Å². The van der Waals surface area contributed by atoms with Crippen LogP contribution in [-0.4, -0.2) is 77.0 Å². The maximum Gasteiger partial charge on any atom is 0.160 e. The highest BCUT2D eigenvalue weighted by Gasteiger charge is 2.57. The van der Waals surface area contributed by atoms with Gasteiger partial charge in [-0.3, -0.25) is 0 Å². The molecule has 4 saturated carbocycles. The molecule has 0 spiro atoms. The van der Waals surface area contributed by atoms with Gasteiger partial charge in [0.05, 0.1) is 30.5 Å². The zero-order chi connectivity index (χ0) is 21.7. The number of aliphatic hydroxyl groups excluding tert-OH is 3. The van der Waals surface area contributed by atoms with Crippen LogP contribution in [-0.2, 0) is 9.47 Å². The lowest BCUT2D eigenvalue weighted by molar-refractivity contribution is -0.280. The Morgan fingerprint density at radius 1 is 0.581 bits per heavy atom. The van der Waals surface area contributed by atoms with Crippen LogP contribution in [0.4, 0.5) is 0 Å². The van der Waals surface area contributed by atoms with Crippen LogP contribution >= 0.6 is 0 Å². The third kappa shape index (κ3) is 4.10. The van der Waals surface area contributed by atoms with Crippen LogP contribution in [0.5, 0.6) is 0 Å². The van der Waals surface area contributed by atoms with Crippen LogP contribution in [0.2, 0.25) is 0 Å². The number of fused-ring (bicyclic) bond motifs is 5. The summed E-state index contributed by atoms with van der Waals surface area (Å²) in [6, 6.07) is 0. The van der Waals surface area contributed by atoms with E-state index in [0.29, 0.717) is 47.7 Å². The lowest BCUT2D eigenvalue weighted by Crippen LogP contribution is -2.59. The summed E-state index contributed by atoms with van der Waals surface area (Å²) in [7, 11) is 3.57. The molecule has 5 rings (SSSR count). The van der Waals surface area contributed by atoms with Crippen molar-refractivity contribution in [3.05, 3.63) is 0 Å². The summed E-state index contributed by atoms with van der Waals surface area (Å²) in [6.45, 7) is 0. The highest BCUT2D eigenvalue weighted by molar-refractivity contribution is 5.04. The first-order valence-electron chi connectivity index (χ1n) is 12.8. The molecular weight excluding hydrogens is 396 g/mol. The Bertz CT molecular complexity index is 615. The van der Waals surface area contributed by atoms with Gasteiger partial charge in [-0.1, -0.05) is 0 Å². The van der Waals surface area contributed by atoms with Gasteiger partial charge in [-0.15, -0.1) is 0 Å². The van der Waals surface area contributed by atoms with Crippen molar-refractivity contribution in [1.29, 1.82) is 0 Å². The van der Waals surface area contributed by atoms with Gasteiger partial charge in [0.2, 0.25) is 0 Å². The molecule has 0 aromatic rings. The van der Waals surface area contributed by atoms with Gasteiger partial charge in [0.1, 0.15) is 0 Å². The molecule has 0 bridgehead atoms. The van der Waals surface area contributed by atoms with E-state index in [0.717, 1.165) is 44.9 Å². The van der Waals surface area contributed by atoms with E-state index in [4.69, 9.17) is 14.2 Å². The first-order valence-corrected chi connectivity index (χ1v) is 12.8. The van der Waals surface area contributed by atoms with Gasteiger partial charge >= 0.3 is 0 Å². The second kappa shape index (κ2) is 9.19. The predicted molar refractivity (Wildman–Crippen MR) is 117 cm³/mol. The molecular formula is C25H43O6+. The van der Waals surface area contributed by atoms with Crippen LogP contribution in [0.15, 0.2) is 0 Å². The Kier molecular flexibility index (Phi) is 6.68. The van der Waals surface area contributed by atoms with Crippen LogP contribution in [0.25, 0.3) is 0 Å². The third-order valence-electron chi connectivity index (χ3n) is 10.0. The Morgan fingerprint density at radius 3 is 2.06 bits per heavy atom. The molecule has 5 aliphatic rings. The van der Waals surface area contributed by atoms with Crippen molar-refractivity contribution in [2.75, 3.05) is 14.2 Å². The highest BCUT2D eigenvalue weighted by Crippen LogP contribution is 2.56. The lowest BCUT2D eigenvalue weighted by Gasteiger charge is -2.56. The van der Waals surface area contributed by atoms with E-state index < -0.39 is 12.2 Å². The fourth-order valence-corrected chi connectivity index (χ4v) is 8.52. The SMILES string of the molecule is COC1CC(C2CCC3C(CC(OC)C4C5CC(O)C(O)CC5CCC34)[OH+]2)CCC1O. The molecule has 1 saturated heterocycles. The summed E-state index contributed by atoms with van der Waals surface area (Å²) >= 11 is 0. The zero-order valence-corrected chi connectivity index (χ0v) is 19.2. The minimum absolute atomic E-state index is 0.0440. The number of rotatable bonds is 3. The maximum atomic E-state index is 10.4. The molecule has 5 fully saturated rings. The van der Waals surface area contributed by atoms with Crippen LogP contribution in [0.3, 0.4) is 0 Å². The second-order valence-electron chi connectivity index (χ2n) is 11.3. The van der Waals surface area contributed by atoms with Gasteiger partial charge in [0, 0.05) is 38.9 Å². The monoisotopic (exact) mass is 439 g/mol. The van der Waals surface area contributed by atoms with Gasteiger partial charge in [-0.2, -0.15) is 0 Å². The molecule has 1 heterocycles. The molecule has 31 heavy (non-hydrogen) atoms. The van der Waals surface area contributed by atoms with Crippen molar-refractivity contribution in [3.8, 4) is 0 Å². The molecule has 6 nitrogen and oxygen atoms in total. The highest BCUT2D eigenvalue weighted by atomic mass is 16.5. The van der Waals surface area contributed by atoms with E-state index in [9.17, 15) is 15.3 Å². The smallest absolute Gasteiger partial charge is 0.160 e. The minimum Gasteiger partial charge on any atom is -0.429 e. The van der Waals surface area contributed by atoms with Gasteiger partial charge in [0.25, 0.3) is 0 Å². The van der Waals surface area contributed by atoms with Gasteiger partial charge in [-0.25, -0.2) is 0 Å². The Hall–Kier alpha value is -0.240. The lowest BCUT2D eigenvalue weighted by atomic mass is 9.52. The number of aliphatic hydroxyl groups is 5. The van der Waals surface area contributed by atoms with E-state index in [1.54, 1.807) is 7.11 Å². The van der Waals surface area contributed by atoms with Crippen molar-refractivity contribution in [2.45, 2.75) is 107 Å². The maximum absolute atomic E-state index is 10.4. The molecule has 13 atom stereocenters. The van der Waals surface area contributed by atoms with Crippen molar-refractivity contribution >= 4 is 0 Å². The fourth-order valence-electron chi connectivity index (χ4n) is 8.52. The van der Waals surface area contributed by atoms with E-state index in [-0.39, 0.29) is 18.3 Å². The van der Waals surface area contributed by atoms with Crippen molar-refractivity contribution in [2.24, 2.45) is 35.5 Å². The van der Waals surface area contributed by atoms with E-state index in [1.165, 1.54) is 19.3 Å². The Morgan fingerprint density at radius 2 is 1.29 bits per heavy atom. The molecule has 178 valence electrons. The number of ether oxygens (including phenoxy) is 3. The van der Waals surface area contributed by atoms with Crippen molar-refractivity contribution in [1.82, 2.24) is 0 Å². The topological polar surface area (TPSA) is 92.0 Å². The van der Waals surface area contributed by atoms with E-state index >= 15 is 0 Å². The molecule has 0 aromatic carbocycles. The summed E-state index contributed by atoms with van der Waals surface area (Å²) in [5, 5.41) is 30.8. The fraction of sp³-hybridized carbons (Fsp3) is 1.00. The second-order valence-corrected chi connectivity index (χ2v) is 11.3. The summed E-state index contributed by atoms with van der Waals surface area (Å²) in [6.07, 6.45) is 9.57.